The van der Waals surface area contributed by atoms with E-state index in [0.29, 0.717) is 30.8 Å². The zero-order valence-electron chi connectivity index (χ0n) is 12.0. The van der Waals surface area contributed by atoms with Gasteiger partial charge in [0.05, 0.1) is 17.8 Å². The third-order valence-corrected chi connectivity index (χ3v) is 4.97. The van der Waals surface area contributed by atoms with Gasteiger partial charge in [0, 0.05) is 12.6 Å². The lowest BCUT2D eigenvalue weighted by atomic mass is 9.93. The van der Waals surface area contributed by atoms with Crippen LogP contribution in [0.15, 0.2) is 11.4 Å². The monoisotopic (exact) mass is 305 g/mol. The first-order chi connectivity index (χ1) is 10.0. The van der Waals surface area contributed by atoms with Gasteiger partial charge in [-0.1, -0.05) is 0 Å². The number of likely N-dealkylation sites (tertiary alicyclic amines) is 1. The summed E-state index contributed by atoms with van der Waals surface area (Å²) < 4.78 is 0. The fraction of sp³-hybridized carbons (Fsp3) is 0.500. The van der Waals surface area contributed by atoms with Crippen LogP contribution in [0.3, 0.4) is 0 Å². The molecule has 1 aliphatic heterocycles. The number of thiophene rings is 1. The summed E-state index contributed by atoms with van der Waals surface area (Å²) in [5, 5.41) is 2.87. The van der Waals surface area contributed by atoms with E-state index >= 15 is 0 Å². The first-order valence-electron chi connectivity index (χ1n) is 7.07. The number of nitrogens with zero attached hydrogens (tertiary/aromatic N) is 3. The number of hydrogen-bond donors (Lipinski definition) is 2. The molecule has 6 nitrogen and oxygen atoms in total. The number of anilines is 1. The lowest BCUT2D eigenvalue weighted by Crippen LogP contribution is -2.45. The molecule has 1 amide bonds. The Morgan fingerprint density at radius 2 is 2.29 bits per heavy atom. The highest BCUT2D eigenvalue weighted by Gasteiger charge is 2.29. The predicted octanol–water partition coefficient (Wildman–Crippen LogP) is 1.36. The number of nitrogen functional groups attached to an aromatic ring is 1. The Morgan fingerprint density at radius 3 is 3.05 bits per heavy atom. The van der Waals surface area contributed by atoms with Crippen molar-refractivity contribution in [3.8, 4) is 0 Å². The van der Waals surface area contributed by atoms with E-state index in [2.05, 4.69) is 21.8 Å². The molecule has 1 aliphatic rings. The van der Waals surface area contributed by atoms with E-state index in [-0.39, 0.29) is 11.8 Å². The van der Waals surface area contributed by atoms with E-state index in [9.17, 15) is 4.79 Å². The lowest BCUT2D eigenvalue weighted by molar-refractivity contribution is -0.124. The molecule has 0 bridgehead atoms. The van der Waals surface area contributed by atoms with Gasteiger partial charge < -0.3 is 11.5 Å². The molecule has 4 N–H and O–H groups in total. The van der Waals surface area contributed by atoms with Gasteiger partial charge in [-0.3, -0.25) is 9.69 Å². The summed E-state index contributed by atoms with van der Waals surface area (Å²) in [5.74, 6) is 0.928. The van der Waals surface area contributed by atoms with E-state index in [0.717, 1.165) is 23.1 Å². The summed E-state index contributed by atoms with van der Waals surface area (Å²) in [4.78, 5) is 23.5. The van der Waals surface area contributed by atoms with Crippen LogP contribution in [-0.2, 0) is 11.3 Å². The van der Waals surface area contributed by atoms with Gasteiger partial charge in [-0.2, -0.15) is 0 Å². The van der Waals surface area contributed by atoms with E-state index in [4.69, 9.17) is 11.5 Å². The molecule has 1 fully saturated rings. The minimum atomic E-state index is -0.221. The molecule has 3 heterocycles. The van der Waals surface area contributed by atoms with E-state index < -0.39 is 0 Å². The van der Waals surface area contributed by atoms with Crippen molar-refractivity contribution in [3.63, 3.8) is 0 Å². The molecule has 2 aromatic heterocycles. The molecule has 0 saturated carbocycles. The van der Waals surface area contributed by atoms with Gasteiger partial charge in [0.15, 0.2) is 0 Å². The average Bonchev–Trinajstić information content (AvgIpc) is 2.90. The number of carbonyl (C=O) groups excluding carboxylic acids is 1. The Hall–Kier alpha value is -1.73. The summed E-state index contributed by atoms with van der Waals surface area (Å²) in [6, 6.07) is 2.33. The highest BCUT2D eigenvalue weighted by molar-refractivity contribution is 7.16. The van der Waals surface area contributed by atoms with Crippen molar-refractivity contribution >= 4 is 33.3 Å². The summed E-state index contributed by atoms with van der Waals surface area (Å²) in [5.41, 5.74) is 11.4. The van der Waals surface area contributed by atoms with E-state index in [1.54, 1.807) is 11.3 Å². The molecule has 7 heteroatoms. The molecule has 112 valence electrons. The largest absolute Gasteiger partial charge is 0.383 e. The van der Waals surface area contributed by atoms with Crippen molar-refractivity contribution in [2.24, 2.45) is 11.7 Å². The molecule has 0 radical (unpaired) electrons. The van der Waals surface area contributed by atoms with Crippen LogP contribution in [0.2, 0.25) is 0 Å². The Labute approximate surface area is 127 Å². The number of amides is 1. The first kappa shape index (κ1) is 14.2. The van der Waals surface area contributed by atoms with Gasteiger partial charge in [-0.25, -0.2) is 9.97 Å². The second-order valence-electron chi connectivity index (χ2n) is 5.62. The number of aromatic nitrogens is 2. The maximum absolute atomic E-state index is 11.4. The number of piperidine rings is 1. The zero-order chi connectivity index (χ0) is 15.0. The normalized spacial score (nSPS) is 23.5. The number of hydrogen-bond acceptors (Lipinski definition) is 6. The van der Waals surface area contributed by atoms with Gasteiger partial charge in [0.1, 0.15) is 16.5 Å². The number of carbonyl (C=O) groups is 1. The average molecular weight is 305 g/mol. The molecule has 0 aliphatic carbocycles. The minimum Gasteiger partial charge on any atom is -0.383 e. The topological polar surface area (TPSA) is 98.1 Å². The standard InChI is InChI=1S/C14H19N5OS/c1-8-2-3-9(13(16)20)6-19(8)7-11-17-12(15)10-4-5-21-14(10)18-11/h4-5,8-9H,2-3,6-7H2,1H3,(H2,16,20)(H2,15,17,18). The fourth-order valence-corrected chi connectivity index (χ4v) is 3.60. The molecular weight excluding hydrogens is 286 g/mol. The Kier molecular flexibility index (Phi) is 3.77. The summed E-state index contributed by atoms with van der Waals surface area (Å²) in [6.45, 7) is 3.43. The molecule has 21 heavy (non-hydrogen) atoms. The molecule has 2 aromatic rings. The van der Waals surface area contributed by atoms with Crippen LogP contribution in [0.5, 0.6) is 0 Å². The van der Waals surface area contributed by atoms with Crippen molar-refractivity contribution in [2.75, 3.05) is 12.3 Å². The molecule has 3 rings (SSSR count). The highest BCUT2D eigenvalue weighted by atomic mass is 32.1. The van der Waals surface area contributed by atoms with Crippen LogP contribution < -0.4 is 11.5 Å². The van der Waals surface area contributed by atoms with Crippen molar-refractivity contribution in [1.29, 1.82) is 0 Å². The van der Waals surface area contributed by atoms with Crippen molar-refractivity contribution in [1.82, 2.24) is 14.9 Å². The van der Waals surface area contributed by atoms with Crippen LogP contribution in [-0.4, -0.2) is 33.4 Å². The molecule has 2 unspecified atom stereocenters. The van der Waals surface area contributed by atoms with Crippen molar-refractivity contribution in [3.05, 3.63) is 17.3 Å². The minimum absolute atomic E-state index is 0.0796. The number of nitrogens with two attached hydrogens (primary N) is 2. The lowest BCUT2D eigenvalue weighted by Gasteiger charge is -2.36. The van der Waals surface area contributed by atoms with Gasteiger partial charge in [-0.05, 0) is 31.2 Å². The maximum Gasteiger partial charge on any atom is 0.221 e. The van der Waals surface area contributed by atoms with Gasteiger partial charge in [-0.15, -0.1) is 11.3 Å². The van der Waals surface area contributed by atoms with E-state index in [1.165, 1.54) is 0 Å². The van der Waals surface area contributed by atoms with Crippen LogP contribution in [0.4, 0.5) is 5.82 Å². The maximum atomic E-state index is 11.4. The second kappa shape index (κ2) is 5.57. The fourth-order valence-electron chi connectivity index (χ4n) is 2.81. The Morgan fingerprint density at radius 1 is 1.48 bits per heavy atom. The summed E-state index contributed by atoms with van der Waals surface area (Å²) >= 11 is 1.56. The summed E-state index contributed by atoms with van der Waals surface area (Å²) in [6.07, 6.45) is 1.82. The van der Waals surface area contributed by atoms with Crippen molar-refractivity contribution in [2.45, 2.75) is 32.4 Å². The van der Waals surface area contributed by atoms with Crippen LogP contribution in [0.1, 0.15) is 25.6 Å². The van der Waals surface area contributed by atoms with Gasteiger partial charge >= 0.3 is 0 Å². The third-order valence-electron chi connectivity index (χ3n) is 4.16. The van der Waals surface area contributed by atoms with Crippen LogP contribution in [0, 0.1) is 5.92 Å². The SMILES string of the molecule is CC1CCC(C(N)=O)CN1Cc1nc(N)c2ccsc2n1. The third kappa shape index (κ3) is 2.84. The first-order valence-corrected chi connectivity index (χ1v) is 7.95. The van der Waals surface area contributed by atoms with Gasteiger partial charge in [0.2, 0.25) is 5.91 Å². The molecule has 2 atom stereocenters. The smallest absolute Gasteiger partial charge is 0.221 e. The predicted molar refractivity (Wildman–Crippen MR) is 83.6 cm³/mol. The Balaban J connectivity index is 1.81. The van der Waals surface area contributed by atoms with E-state index in [1.807, 2.05) is 11.4 Å². The zero-order valence-corrected chi connectivity index (χ0v) is 12.8. The van der Waals surface area contributed by atoms with Crippen molar-refractivity contribution < 1.29 is 4.79 Å². The molecule has 0 aromatic carbocycles. The highest BCUT2D eigenvalue weighted by Crippen LogP contribution is 2.26. The second-order valence-corrected chi connectivity index (χ2v) is 6.51. The molecule has 1 saturated heterocycles. The number of fused-ring (bicyclic) bond motifs is 1. The Bertz CT molecular complexity index is 670. The molecular formula is C14H19N5OS. The quantitative estimate of drug-likeness (QED) is 0.892. The van der Waals surface area contributed by atoms with Crippen LogP contribution >= 0.6 is 11.3 Å². The molecule has 0 spiro atoms. The number of primary amides is 1. The van der Waals surface area contributed by atoms with Crippen LogP contribution in [0.25, 0.3) is 10.2 Å². The summed E-state index contributed by atoms with van der Waals surface area (Å²) in [7, 11) is 0. The van der Waals surface area contributed by atoms with Gasteiger partial charge in [0.25, 0.3) is 0 Å². The number of rotatable bonds is 3.